The largest absolute Gasteiger partial charge is 0.459 e. The van der Waals surface area contributed by atoms with Gasteiger partial charge >= 0.3 is 0 Å². The topological polar surface area (TPSA) is 105 Å². The Hall–Kier alpha value is -1.39. The lowest BCUT2D eigenvalue weighted by atomic mass is 10.1. The normalized spacial score (nSPS) is 28.5. The van der Waals surface area contributed by atoms with Gasteiger partial charge in [0.25, 0.3) is 5.91 Å². The average molecular weight is 348 g/mol. The van der Waals surface area contributed by atoms with E-state index in [1.54, 1.807) is 6.07 Å². The zero-order valence-electron chi connectivity index (χ0n) is 11.9. The fraction of sp³-hybridized carbons (Fsp3) is 0.583. The molecule has 0 unspecified atom stereocenters. The third-order valence-electron chi connectivity index (χ3n) is 4.04. The van der Waals surface area contributed by atoms with E-state index < -0.39 is 37.9 Å². The minimum absolute atomic E-state index is 0.0853. The number of sulfonamides is 1. The quantitative estimate of drug-likeness (QED) is 0.690. The number of rotatable bonds is 2. The second-order valence-corrected chi connectivity index (χ2v) is 9.65. The van der Waals surface area contributed by atoms with Gasteiger partial charge in [-0.1, -0.05) is 0 Å². The molecule has 0 bridgehead atoms. The molecule has 2 fully saturated rings. The SMILES string of the molecule is CS(=O)(=O)N1CCN(C(=O)c2ccco2)[C@H]2CS(=O)(=O)C[C@H]21. The molecule has 22 heavy (non-hydrogen) atoms. The van der Waals surface area contributed by atoms with Gasteiger partial charge in [0.15, 0.2) is 15.6 Å². The molecule has 0 saturated carbocycles. The van der Waals surface area contributed by atoms with Crippen LogP contribution in [0.4, 0.5) is 0 Å². The van der Waals surface area contributed by atoms with Gasteiger partial charge < -0.3 is 9.32 Å². The smallest absolute Gasteiger partial charge is 0.289 e. The molecule has 3 rings (SSSR count). The first kappa shape index (κ1) is 15.5. The Morgan fingerprint density at radius 3 is 2.55 bits per heavy atom. The van der Waals surface area contributed by atoms with Gasteiger partial charge in [-0.3, -0.25) is 4.79 Å². The summed E-state index contributed by atoms with van der Waals surface area (Å²) in [6.45, 7) is 0.227. The third kappa shape index (κ3) is 2.66. The number of hydrogen-bond donors (Lipinski definition) is 0. The summed E-state index contributed by atoms with van der Waals surface area (Å²) in [6.07, 6.45) is 2.42. The highest BCUT2D eigenvalue weighted by Crippen LogP contribution is 2.29. The predicted molar refractivity (Wildman–Crippen MR) is 77.5 cm³/mol. The molecule has 10 heteroatoms. The molecule has 0 N–H and O–H groups in total. The van der Waals surface area contributed by atoms with Crippen molar-refractivity contribution in [1.82, 2.24) is 9.21 Å². The van der Waals surface area contributed by atoms with Gasteiger partial charge in [0, 0.05) is 13.1 Å². The van der Waals surface area contributed by atoms with E-state index in [1.165, 1.54) is 21.5 Å². The number of hydrogen-bond acceptors (Lipinski definition) is 6. The van der Waals surface area contributed by atoms with E-state index in [9.17, 15) is 21.6 Å². The van der Waals surface area contributed by atoms with E-state index in [2.05, 4.69) is 0 Å². The lowest BCUT2D eigenvalue weighted by Gasteiger charge is -2.42. The molecule has 0 radical (unpaired) electrons. The van der Waals surface area contributed by atoms with Crippen LogP contribution in [-0.4, -0.2) is 74.9 Å². The van der Waals surface area contributed by atoms with Gasteiger partial charge in [-0.05, 0) is 12.1 Å². The van der Waals surface area contributed by atoms with Crippen LogP contribution in [0.1, 0.15) is 10.6 Å². The standard InChI is InChI=1S/C12H16N2O6S2/c1-21(16,17)14-5-4-13(12(15)11-3-2-6-20-11)9-7-22(18,19)8-10(9)14/h2-3,6,9-10H,4-5,7-8H2,1H3/t9-,10+/m0/s1. The highest BCUT2D eigenvalue weighted by Gasteiger charge is 2.50. The van der Waals surface area contributed by atoms with E-state index in [0.717, 1.165) is 6.26 Å². The second-order valence-electron chi connectivity index (χ2n) is 5.56. The number of furan rings is 1. The molecule has 8 nitrogen and oxygen atoms in total. The highest BCUT2D eigenvalue weighted by atomic mass is 32.2. The van der Waals surface area contributed by atoms with Crippen molar-refractivity contribution < 1.29 is 26.0 Å². The average Bonchev–Trinajstić information content (AvgIpc) is 3.00. The van der Waals surface area contributed by atoms with Gasteiger partial charge in [0.1, 0.15) is 0 Å². The second kappa shape index (κ2) is 5.07. The van der Waals surface area contributed by atoms with E-state index in [0.29, 0.717) is 0 Å². The van der Waals surface area contributed by atoms with Gasteiger partial charge in [-0.2, -0.15) is 4.31 Å². The van der Waals surface area contributed by atoms with Gasteiger partial charge in [0.2, 0.25) is 10.0 Å². The first-order valence-corrected chi connectivity index (χ1v) is 10.4. The lowest BCUT2D eigenvalue weighted by Crippen LogP contribution is -2.61. The molecule has 1 amide bonds. The van der Waals surface area contributed by atoms with E-state index in [4.69, 9.17) is 4.42 Å². The summed E-state index contributed by atoms with van der Waals surface area (Å²) >= 11 is 0. The van der Waals surface area contributed by atoms with Crippen LogP contribution in [0.25, 0.3) is 0 Å². The summed E-state index contributed by atoms with van der Waals surface area (Å²) < 4.78 is 53.9. The zero-order chi connectivity index (χ0) is 16.1. The Bertz CT molecular complexity index is 784. The van der Waals surface area contributed by atoms with Crippen LogP contribution < -0.4 is 0 Å². The van der Waals surface area contributed by atoms with E-state index >= 15 is 0 Å². The Kier molecular flexibility index (Phi) is 3.57. The molecule has 1 aromatic heterocycles. The summed E-state index contributed by atoms with van der Waals surface area (Å²) in [5, 5.41) is 0. The number of amides is 1. The van der Waals surface area contributed by atoms with Crippen LogP contribution >= 0.6 is 0 Å². The monoisotopic (exact) mass is 348 g/mol. The van der Waals surface area contributed by atoms with Crippen molar-refractivity contribution in [3.8, 4) is 0 Å². The van der Waals surface area contributed by atoms with E-state index in [-0.39, 0.29) is 30.4 Å². The Balaban J connectivity index is 1.95. The van der Waals surface area contributed by atoms with Crippen LogP contribution in [-0.2, 0) is 19.9 Å². The molecule has 2 aliphatic rings. The van der Waals surface area contributed by atoms with Crippen molar-refractivity contribution in [3.63, 3.8) is 0 Å². The lowest BCUT2D eigenvalue weighted by molar-refractivity contribution is 0.0486. The molecule has 2 atom stereocenters. The van der Waals surface area contributed by atoms with Crippen molar-refractivity contribution >= 4 is 25.8 Å². The van der Waals surface area contributed by atoms with Crippen LogP contribution in [0.3, 0.4) is 0 Å². The number of fused-ring (bicyclic) bond motifs is 1. The molecule has 3 heterocycles. The summed E-state index contributed by atoms with van der Waals surface area (Å²) in [6, 6.07) is 1.67. The van der Waals surface area contributed by atoms with Crippen LogP contribution in [0.15, 0.2) is 22.8 Å². The Labute approximate surface area is 128 Å². The third-order valence-corrected chi connectivity index (χ3v) is 7.05. The van der Waals surface area contributed by atoms with Crippen LogP contribution in [0.2, 0.25) is 0 Å². The molecule has 2 aliphatic heterocycles. The number of carbonyl (C=O) groups excluding carboxylic acids is 1. The van der Waals surface area contributed by atoms with Crippen molar-refractivity contribution in [1.29, 1.82) is 0 Å². The maximum atomic E-state index is 12.4. The molecule has 122 valence electrons. The number of sulfone groups is 1. The fourth-order valence-corrected chi connectivity index (χ4v) is 6.32. The van der Waals surface area contributed by atoms with Crippen LogP contribution in [0, 0.1) is 0 Å². The van der Waals surface area contributed by atoms with E-state index in [1.807, 2.05) is 0 Å². The molecule has 0 aliphatic carbocycles. The number of carbonyl (C=O) groups is 1. The van der Waals surface area contributed by atoms with Crippen LogP contribution in [0.5, 0.6) is 0 Å². The predicted octanol–water partition coefficient (Wildman–Crippen LogP) is -0.837. The maximum Gasteiger partial charge on any atom is 0.289 e. The minimum Gasteiger partial charge on any atom is -0.459 e. The van der Waals surface area contributed by atoms with Crippen molar-refractivity contribution in [3.05, 3.63) is 24.2 Å². The fourth-order valence-electron chi connectivity index (χ4n) is 3.13. The first-order valence-electron chi connectivity index (χ1n) is 6.71. The molecule has 0 aromatic carbocycles. The molecular weight excluding hydrogens is 332 g/mol. The van der Waals surface area contributed by atoms with Gasteiger partial charge in [-0.15, -0.1) is 0 Å². The molecular formula is C12H16N2O6S2. The van der Waals surface area contributed by atoms with Crippen molar-refractivity contribution in [2.45, 2.75) is 12.1 Å². The Morgan fingerprint density at radius 1 is 1.27 bits per heavy atom. The molecule has 0 spiro atoms. The van der Waals surface area contributed by atoms with Crippen molar-refractivity contribution in [2.75, 3.05) is 30.9 Å². The van der Waals surface area contributed by atoms with Gasteiger partial charge in [0.05, 0.1) is 36.1 Å². The maximum absolute atomic E-state index is 12.4. The zero-order valence-corrected chi connectivity index (χ0v) is 13.5. The Morgan fingerprint density at radius 2 is 1.95 bits per heavy atom. The summed E-state index contributed by atoms with van der Waals surface area (Å²) in [5.41, 5.74) is 0. The molecule has 2 saturated heterocycles. The summed E-state index contributed by atoms with van der Waals surface area (Å²) in [7, 11) is -6.91. The van der Waals surface area contributed by atoms with Gasteiger partial charge in [-0.25, -0.2) is 16.8 Å². The highest BCUT2D eigenvalue weighted by molar-refractivity contribution is 7.92. The molecule has 1 aromatic rings. The van der Waals surface area contributed by atoms with Crippen molar-refractivity contribution in [2.24, 2.45) is 0 Å². The number of piperazine rings is 1. The first-order chi connectivity index (χ1) is 10.2. The number of nitrogens with zero attached hydrogens (tertiary/aromatic N) is 2. The summed E-state index contributed by atoms with van der Waals surface area (Å²) in [4.78, 5) is 13.9. The summed E-state index contributed by atoms with van der Waals surface area (Å²) in [5.74, 6) is -0.774. The minimum atomic E-state index is -3.53.